The molecule has 0 saturated heterocycles. The van der Waals surface area contributed by atoms with Gasteiger partial charge in [-0.25, -0.2) is 4.39 Å². The van der Waals surface area contributed by atoms with Gasteiger partial charge < -0.3 is 5.11 Å². The zero-order valence-corrected chi connectivity index (χ0v) is 13.2. The lowest BCUT2D eigenvalue weighted by Crippen LogP contribution is -2.19. The third-order valence-corrected chi connectivity index (χ3v) is 3.80. The van der Waals surface area contributed by atoms with Crippen LogP contribution >= 0.6 is 0 Å². The van der Waals surface area contributed by atoms with Crippen LogP contribution in [0.4, 0.5) is 4.39 Å². The van der Waals surface area contributed by atoms with Crippen LogP contribution in [0.25, 0.3) is 11.1 Å². The summed E-state index contributed by atoms with van der Waals surface area (Å²) in [5.74, 6) is -0.260. The summed E-state index contributed by atoms with van der Waals surface area (Å²) < 4.78 is 14.1. The molecule has 0 bridgehead atoms. The number of hydrogen-bond donors (Lipinski definition) is 1. The summed E-state index contributed by atoms with van der Waals surface area (Å²) in [5.41, 5.74) is 2.96. The molecule has 0 saturated carbocycles. The molecule has 0 fully saturated rings. The van der Waals surface area contributed by atoms with Crippen LogP contribution in [0.5, 0.6) is 0 Å². The molecular weight excluding hydrogens is 263 g/mol. The average molecular weight is 286 g/mol. The Morgan fingerprint density at radius 3 is 2.29 bits per heavy atom. The molecule has 2 aromatic rings. The standard InChI is InChI=1S/C19H23FO/c1-5-13-10-11-14(15-8-6-7-9-17(15)20)16(12-13)18(21)19(2,3)4/h6-12,18,21H,5H2,1-4H3/t18-/m1/s1. The monoisotopic (exact) mass is 286 g/mol. The second-order valence-corrected chi connectivity index (χ2v) is 6.52. The fourth-order valence-corrected chi connectivity index (χ4v) is 2.45. The van der Waals surface area contributed by atoms with Gasteiger partial charge in [0.15, 0.2) is 0 Å². The maximum atomic E-state index is 14.1. The normalized spacial score (nSPS) is 13.2. The highest BCUT2D eigenvalue weighted by Gasteiger charge is 2.27. The van der Waals surface area contributed by atoms with Crippen molar-refractivity contribution in [3.63, 3.8) is 0 Å². The second-order valence-electron chi connectivity index (χ2n) is 6.52. The molecule has 0 unspecified atom stereocenters. The van der Waals surface area contributed by atoms with Crippen molar-refractivity contribution in [3.8, 4) is 11.1 Å². The highest BCUT2D eigenvalue weighted by Crippen LogP contribution is 2.39. The molecule has 2 heteroatoms. The molecule has 2 rings (SSSR count). The molecule has 1 nitrogen and oxygen atoms in total. The van der Waals surface area contributed by atoms with Gasteiger partial charge in [-0.15, -0.1) is 0 Å². The van der Waals surface area contributed by atoms with Gasteiger partial charge in [-0.1, -0.05) is 64.1 Å². The van der Waals surface area contributed by atoms with E-state index < -0.39 is 6.10 Å². The fraction of sp³-hybridized carbons (Fsp3) is 0.368. The van der Waals surface area contributed by atoms with E-state index in [2.05, 4.69) is 6.92 Å². The summed E-state index contributed by atoms with van der Waals surface area (Å²) in [6.07, 6.45) is 0.250. The Labute approximate surface area is 126 Å². The fourth-order valence-electron chi connectivity index (χ4n) is 2.45. The Bertz CT molecular complexity index is 626. The minimum atomic E-state index is -0.640. The maximum Gasteiger partial charge on any atom is 0.131 e. The van der Waals surface area contributed by atoms with Gasteiger partial charge in [0.2, 0.25) is 0 Å². The van der Waals surface area contributed by atoms with Crippen LogP contribution in [0.3, 0.4) is 0 Å². The van der Waals surface area contributed by atoms with Crippen molar-refractivity contribution >= 4 is 0 Å². The van der Waals surface area contributed by atoms with E-state index >= 15 is 0 Å². The molecule has 0 amide bonds. The van der Waals surface area contributed by atoms with Crippen LogP contribution in [0, 0.1) is 11.2 Å². The van der Waals surface area contributed by atoms with E-state index in [0.717, 1.165) is 23.1 Å². The van der Waals surface area contributed by atoms with Gasteiger partial charge in [0, 0.05) is 5.56 Å². The molecule has 21 heavy (non-hydrogen) atoms. The van der Waals surface area contributed by atoms with Crippen molar-refractivity contribution in [2.45, 2.75) is 40.2 Å². The number of rotatable bonds is 3. The van der Waals surface area contributed by atoms with Crippen LogP contribution in [-0.4, -0.2) is 5.11 Å². The van der Waals surface area contributed by atoms with Crippen LogP contribution < -0.4 is 0 Å². The number of aliphatic hydroxyl groups is 1. The lowest BCUT2D eigenvalue weighted by molar-refractivity contribution is 0.0631. The predicted molar refractivity (Wildman–Crippen MR) is 85.6 cm³/mol. The number of aliphatic hydroxyl groups excluding tert-OH is 1. The van der Waals surface area contributed by atoms with Crippen LogP contribution in [0.15, 0.2) is 42.5 Å². The summed E-state index contributed by atoms with van der Waals surface area (Å²) in [6, 6.07) is 12.6. The number of halogens is 1. The summed E-state index contributed by atoms with van der Waals surface area (Å²) in [5, 5.41) is 10.7. The van der Waals surface area contributed by atoms with E-state index in [-0.39, 0.29) is 11.2 Å². The zero-order valence-electron chi connectivity index (χ0n) is 13.2. The highest BCUT2D eigenvalue weighted by molar-refractivity contribution is 5.69. The van der Waals surface area contributed by atoms with E-state index in [1.165, 1.54) is 6.07 Å². The smallest absolute Gasteiger partial charge is 0.131 e. The van der Waals surface area contributed by atoms with Gasteiger partial charge in [0.1, 0.15) is 5.82 Å². The summed E-state index contributed by atoms with van der Waals surface area (Å²) in [7, 11) is 0. The first-order chi connectivity index (χ1) is 9.84. The quantitative estimate of drug-likeness (QED) is 0.828. The lowest BCUT2D eigenvalue weighted by atomic mass is 9.81. The Hall–Kier alpha value is -1.67. The minimum absolute atomic E-state index is 0.260. The molecule has 0 aliphatic heterocycles. The molecule has 0 spiro atoms. The molecule has 112 valence electrons. The van der Waals surface area contributed by atoms with Gasteiger partial charge in [-0.05, 0) is 34.6 Å². The van der Waals surface area contributed by atoms with E-state index in [4.69, 9.17) is 0 Å². The summed E-state index contributed by atoms with van der Waals surface area (Å²) >= 11 is 0. The van der Waals surface area contributed by atoms with E-state index in [9.17, 15) is 9.50 Å². The van der Waals surface area contributed by atoms with Crippen molar-refractivity contribution < 1.29 is 9.50 Å². The third kappa shape index (κ3) is 3.33. The average Bonchev–Trinajstić information content (AvgIpc) is 2.45. The Morgan fingerprint density at radius 1 is 1.05 bits per heavy atom. The van der Waals surface area contributed by atoms with Gasteiger partial charge in [0.25, 0.3) is 0 Å². The van der Waals surface area contributed by atoms with Crippen LogP contribution in [0.1, 0.15) is 44.9 Å². The molecule has 0 aliphatic carbocycles. The van der Waals surface area contributed by atoms with E-state index in [1.807, 2.05) is 45.0 Å². The zero-order chi connectivity index (χ0) is 15.6. The predicted octanol–water partition coefficient (Wildman–Crippen LogP) is 5.13. The molecular formula is C19H23FO. The van der Waals surface area contributed by atoms with Crippen molar-refractivity contribution in [2.75, 3.05) is 0 Å². The first-order valence-corrected chi connectivity index (χ1v) is 7.40. The second kappa shape index (κ2) is 5.98. The molecule has 1 atom stereocenters. The Balaban J connectivity index is 2.64. The van der Waals surface area contributed by atoms with Gasteiger partial charge in [-0.3, -0.25) is 0 Å². The topological polar surface area (TPSA) is 20.2 Å². The number of benzene rings is 2. The largest absolute Gasteiger partial charge is 0.388 e. The maximum absolute atomic E-state index is 14.1. The molecule has 0 heterocycles. The number of hydrogen-bond acceptors (Lipinski definition) is 1. The van der Waals surface area contributed by atoms with Gasteiger partial charge in [-0.2, -0.15) is 0 Å². The Morgan fingerprint density at radius 2 is 1.71 bits per heavy atom. The van der Waals surface area contributed by atoms with Crippen molar-refractivity contribution in [1.82, 2.24) is 0 Å². The molecule has 1 N–H and O–H groups in total. The minimum Gasteiger partial charge on any atom is -0.388 e. The van der Waals surface area contributed by atoms with Crippen LogP contribution in [-0.2, 0) is 6.42 Å². The van der Waals surface area contributed by atoms with Gasteiger partial charge >= 0.3 is 0 Å². The van der Waals surface area contributed by atoms with Gasteiger partial charge in [0.05, 0.1) is 6.10 Å². The van der Waals surface area contributed by atoms with E-state index in [0.29, 0.717) is 5.56 Å². The lowest BCUT2D eigenvalue weighted by Gasteiger charge is -2.28. The molecule has 0 radical (unpaired) electrons. The highest BCUT2D eigenvalue weighted by atomic mass is 19.1. The molecule has 0 aromatic heterocycles. The molecule has 2 aromatic carbocycles. The van der Waals surface area contributed by atoms with Crippen molar-refractivity contribution in [2.24, 2.45) is 5.41 Å². The third-order valence-electron chi connectivity index (χ3n) is 3.80. The first-order valence-electron chi connectivity index (χ1n) is 7.40. The van der Waals surface area contributed by atoms with Crippen LogP contribution in [0.2, 0.25) is 0 Å². The van der Waals surface area contributed by atoms with Crippen molar-refractivity contribution in [3.05, 3.63) is 59.4 Å². The first kappa shape index (κ1) is 15.7. The molecule has 0 aliphatic rings. The Kier molecular flexibility index (Phi) is 4.48. The van der Waals surface area contributed by atoms with Crippen molar-refractivity contribution in [1.29, 1.82) is 0 Å². The number of aryl methyl sites for hydroxylation is 1. The summed E-state index contributed by atoms with van der Waals surface area (Å²) in [6.45, 7) is 8.04. The summed E-state index contributed by atoms with van der Waals surface area (Å²) in [4.78, 5) is 0. The SMILES string of the molecule is CCc1ccc(-c2ccccc2F)c([C@@H](O)C(C)(C)C)c1. The van der Waals surface area contributed by atoms with E-state index in [1.54, 1.807) is 12.1 Å².